The van der Waals surface area contributed by atoms with Crippen molar-refractivity contribution in [2.45, 2.75) is 111 Å². The van der Waals surface area contributed by atoms with E-state index in [1.165, 1.54) is 23.5 Å². The van der Waals surface area contributed by atoms with Crippen molar-refractivity contribution in [3.05, 3.63) is 0 Å². The molecule has 0 radical (unpaired) electrons. The van der Waals surface area contributed by atoms with E-state index in [1.54, 1.807) is 0 Å². The SMILES string of the molecule is CC(C)(C)SC1OC(CO)C(O)C(O)C1O.CC(C)(C)SC1OC(CO)C(O)C(O)C1O. The second-order valence-electron chi connectivity index (χ2n) is 9.86. The molecule has 0 amide bonds. The van der Waals surface area contributed by atoms with Crippen LogP contribution in [-0.4, -0.2) is 123 Å². The lowest BCUT2D eigenvalue weighted by atomic mass is 10.0. The number of aliphatic hydroxyl groups is 8. The maximum absolute atomic E-state index is 9.75. The van der Waals surface area contributed by atoms with Gasteiger partial charge < -0.3 is 50.3 Å². The predicted octanol–water partition coefficient (Wildman–Crippen LogP) is -1.36. The summed E-state index contributed by atoms with van der Waals surface area (Å²) in [6.45, 7) is 11.0. The first-order chi connectivity index (χ1) is 14.5. The van der Waals surface area contributed by atoms with Crippen LogP contribution in [0.25, 0.3) is 0 Å². The van der Waals surface area contributed by atoms with Gasteiger partial charge in [-0.25, -0.2) is 0 Å². The Hall–Kier alpha value is 0.300. The fourth-order valence-electron chi connectivity index (χ4n) is 3.03. The van der Waals surface area contributed by atoms with Crippen LogP contribution in [0.3, 0.4) is 0 Å². The second kappa shape index (κ2) is 12.3. The highest BCUT2D eigenvalue weighted by atomic mass is 32.2. The normalized spacial score (nSPS) is 41.1. The average Bonchev–Trinajstić information content (AvgIpc) is 2.67. The fraction of sp³-hybridized carbons (Fsp3) is 1.00. The highest BCUT2D eigenvalue weighted by Crippen LogP contribution is 2.36. The topological polar surface area (TPSA) is 180 Å². The number of ether oxygens (including phenoxy) is 2. The minimum absolute atomic E-state index is 0.145. The van der Waals surface area contributed by atoms with E-state index < -0.39 is 59.7 Å². The summed E-state index contributed by atoms with van der Waals surface area (Å²) in [5.74, 6) is 0. The summed E-state index contributed by atoms with van der Waals surface area (Å²) < 4.78 is 10.4. The van der Waals surface area contributed by atoms with Gasteiger partial charge in [0.1, 0.15) is 59.7 Å². The molecule has 2 aliphatic rings. The Morgan fingerprint density at radius 1 is 0.531 bits per heavy atom. The van der Waals surface area contributed by atoms with Gasteiger partial charge in [0.2, 0.25) is 0 Å². The Labute approximate surface area is 197 Å². The number of rotatable bonds is 4. The number of aliphatic hydroxyl groups excluding tert-OH is 8. The Morgan fingerprint density at radius 2 is 0.812 bits per heavy atom. The van der Waals surface area contributed by atoms with Gasteiger partial charge in [-0.3, -0.25) is 0 Å². The molecule has 0 bridgehead atoms. The number of hydrogen-bond donors (Lipinski definition) is 8. The molecule has 0 aromatic heterocycles. The maximum Gasteiger partial charge on any atom is 0.132 e. The van der Waals surface area contributed by atoms with Gasteiger partial charge in [0.25, 0.3) is 0 Å². The summed E-state index contributed by atoms with van der Waals surface area (Å²) in [6, 6.07) is 0. The number of hydrogen-bond acceptors (Lipinski definition) is 12. The van der Waals surface area contributed by atoms with Crippen molar-refractivity contribution in [1.82, 2.24) is 0 Å². The van der Waals surface area contributed by atoms with Crippen LogP contribution in [0.2, 0.25) is 0 Å². The molecular weight excluding hydrogens is 464 g/mol. The molecule has 0 aliphatic carbocycles. The minimum atomic E-state index is -1.29. The lowest BCUT2D eigenvalue weighted by molar-refractivity contribution is -0.205. The lowest BCUT2D eigenvalue weighted by Crippen LogP contribution is -2.58. The predicted molar refractivity (Wildman–Crippen MR) is 122 cm³/mol. The molecule has 12 heteroatoms. The van der Waals surface area contributed by atoms with Crippen molar-refractivity contribution in [2.24, 2.45) is 0 Å². The van der Waals surface area contributed by atoms with Crippen molar-refractivity contribution < 1.29 is 50.3 Å². The maximum atomic E-state index is 9.75. The smallest absolute Gasteiger partial charge is 0.132 e. The third-order valence-corrected chi connectivity index (χ3v) is 7.30. The molecule has 2 fully saturated rings. The van der Waals surface area contributed by atoms with Crippen LogP contribution in [-0.2, 0) is 9.47 Å². The molecule has 32 heavy (non-hydrogen) atoms. The molecular formula is C20H40O10S2. The Kier molecular flexibility index (Phi) is 11.7. The van der Waals surface area contributed by atoms with Gasteiger partial charge in [-0.05, 0) is 0 Å². The summed E-state index contributed by atoms with van der Waals surface area (Å²) in [6.07, 6.45) is -9.08. The molecule has 2 heterocycles. The van der Waals surface area contributed by atoms with Crippen molar-refractivity contribution in [2.75, 3.05) is 13.2 Å². The highest BCUT2D eigenvalue weighted by Gasteiger charge is 2.45. The van der Waals surface area contributed by atoms with Gasteiger partial charge in [0.15, 0.2) is 0 Å². The van der Waals surface area contributed by atoms with Crippen molar-refractivity contribution >= 4 is 23.5 Å². The van der Waals surface area contributed by atoms with E-state index >= 15 is 0 Å². The minimum Gasteiger partial charge on any atom is -0.394 e. The van der Waals surface area contributed by atoms with Crippen LogP contribution in [0, 0.1) is 0 Å². The Bertz CT molecular complexity index is 503. The quantitative estimate of drug-likeness (QED) is 0.225. The Balaban J connectivity index is 0.000000320. The third-order valence-electron chi connectivity index (χ3n) is 4.64. The lowest BCUT2D eigenvalue weighted by Gasteiger charge is -2.41. The fourth-order valence-corrected chi connectivity index (χ4v) is 5.42. The largest absolute Gasteiger partial charge is 0.394 e. The summed E-state index contributed by atoms with van der Waals surface area (Å²) in [5.41, 5.74) is -1.29. The molecule has 10 nitrogen and oxygen atoms in total. The molecule has 0 aromatic rings. The molecule has 2 aliphatic heterocycles. The molecule has 2 saturated heterocycles. The van der Waals surface area contributed by atoms with E-state index in [1.807, 2.05) is 41.5 Å². The first-order valence-corrected chi connectivity index (χ1v) is 12.2. The van der Waals surface area contributed by atoms with Crippen molar-refractivity contribution in [3.8, 4) is 0 Å². The summed E-state index contributed by atoms with van der Waals surface area (Å²) in [4.78, 5) is 0. The van der Waals surface area contributed by atoms with E-state index in [2.05, 4.69) is 0 Å². The summed E-state index contributed by atoms with van der Waals surface area (Å²) in [5, 5.41) is 75.7. The monoisotopic (exact) mass is 504 g/mol. The number of thioether (sulfide) groups is 2. The van der Waals surface area contributed by atoms with Gasteiger partial charge in [0, 0.05) is 9.49 Å². The van der Waals surface area contributed by atoms with Crippen molar-refractivity contribution in [1.29, 1.82) is 0 Å². The highest BCUT2D eigenvalue weighted by molar-refractivity contribution is 8.01. The average molecular weight is 505 g/mol. The van der Waals surface area contributed by atoms with Crippen LogP contribution >= 0.6 is 23.5 Å². The van der Waals surface area contributed by atoms with Gasteiger partial charge >= 0.3 is 0 Å². The van der Waals surface area contributed by atoms with E-state index in [4.69, 9.17) is 19.7 Å². The van der Waals surface area contributed by atoms with E-state index in [-0.39, 0.29) is 22.7 Å². The third kappa shape index (κ3) is 8.82. The molecule has 0 aromatic carbocycles. The van der Waals surface area contributed by atoms with Crippen LogP contribution in [0.5, 0.6) is 0 Å². The van der Waals surface area contributed by atoms with Gasteiger partial charge in [0.05, 0.1) is 13.2 Å². The zero-order valence-corrected chi connectivity index (χ0v) is 21.0. The summed E-state index contributed by atoms with van der Waals surface area (Å²) in [7, 11) is 0. The zero-order valence-electron chi connectivity index (χ0n) is 19.4. The van der Waals surface area contributed by atoms with E-state index in [0.29, 0.717) is 0 Å². The molecule has 0 spiro atoms. The van der Waals surface area contributed by atoms with Crippen LogP contribution < -0.4 is 0 Å². The Morgan fingerprint density at radius 3 is 1.03 bits per heavy atom. The molecule has 8 N–H and O–H groups in total. The molecule has 2 rings (SSSR count). The first-order valence-electron chi connectivity index (χ1n) is 10.5. The van der Waals surface area contributed by atoms with Crippen molar-refractivity contribution in [3.63, 3.8) is 0 Å². The second-order valence-corrected chi connectivity index (χ2v) is 13.7. The van der Waals surface area contributed by atoms with Crippen LogP contribution in [0.15, 0.2) is 0 Å². The zero-order chi connectivity index (χ0) is 25.0. The van der Waals surface area contributed by atoms with Gasteiger partial charge in [-0.1, -0.05) is 41.5 Å². The molecule has 10 unspecified atom stereocenters. The van der Waals surface area contributed by atoms with E-state index in [0.717, 1.165) is 0 Å². The first kappa shape index (κ1) is 30.3. The standard InChI is InChI=1S/2C10H20O5S/c2*1-10(2,3)16-9-8(14)7(13)6(12)5(4-11)15-9/h2*5-9,11-14H,4H2,1-3H3. The van der Waals surface area contributed by atoms with E-state index in [9.17, 15) is 30.6 Å². The van der Waals surface area contributed by atoms with Crippen LogP contribution in [0.4, 0.5) is 0 Å². The van der Waals surface area contributed by atoms with Crippen LogP contribution in [0.1, 0.15) is 41.5 Å². The molecule has 0 saturated carbocycles. The molecule has 10 atom stereocenters. The molecule has 192 valence electrons. The van der Waals surface area contributed by atoms with Gasteiger partial charge in [-0.2, -0.15) is 0 Å². The van der Waals surface area contributed by atoms with Gasteiger partial charge in [-0.15, -0.1) is 23.5 Å². The summed E-state index contributed by atoms with van der Waals surface area (Å²) >= 11 is 2.71.